The molecule has 0 saturated heterocycles. The Morgan fingerprint density at radius 1 is 0.727 bits per heavy atom. The molecule has 2 aromatic carbocycles. The van der Waals surface area contributed by atoms with Crippen molar-refractivity contribution in [1.29, 1.82) is 0 Å². The molecule has 0 amide bonds. The first-order valence-electron chi connectivity index (χ1n) is 13.8. The fourth-order valence-corrected chi connectivity index (χ4v) is 5.64. The van der Waals surface area contributed by atoms with E-state index in [1.807, 2.05) is 19.1 Å². The SMILES string of the molecule is CCOc1ccc(Cc2cc(C(=O)[C@H](CC(=O)O)[C@@H](CC(=O)O)[C@H](CC(=O)O)[C@H](CCC(=O)O)CC(=O)O)ccc2Cl)cc1. The van der Waals surface area contributed by atoms with Gasteiger partial charge in [0.25, 0.3) is 0 Å². The summed E-state index contributed by atoms with van der Waals surface area (Å²) < 4.78 is 5.44. The van der Waals surface area contributed by atoms with Crippen LogP contribution in [0.2, 0.25) is 5.02 Å². The summed E-state index contributed by atoms with van der Waals surface area (Å²) in [5, 5.41) is 48.1. The van der Waals surface area contributed by atoms with E-state index in [0.29, 0.717) is 22.9 Å². The molecule has 238 valence electrons. The Balaban J connectivity index is 2.59. The van der Waals surface area contributed by atoms with Crippen molar-refractivity contribution in [2.45, 2.75) is 51.9 Å². The van der Waals surface area contributed by atoms with Crippen molar-refractivity contribution in [2.75, 3.05) is 6.61 Å². The summed E-state index contributed by atoms with van der Waals surface area (Å²) in [4.78, 5) is 72.8. The second kappa shape index (κ2) is 17.0. The molecule has 0 unspecified atom stereocenters. The lowest BCUT2D eigenvalue weighted by Gasteiger charge is -2.35. The van der Waals surface area contributed by atoms with Crippen LogP contribution >= 0.6 is 11.6 Å². The zero-order valence-corrected chi connectivity index (χ0v) is 24.7. The van der Waals surface area contributed by atoms with Crippen molar-refractivity contribution in [3.05, 3.63) is 64.2 Å². The van der Waals surface area contributed by atoms with Gasteiger partial charge >= 0.3 is 29.8 Å². The molecule has 0 aliphatic heterocycles. The number of hydrogen-bond acceptors (Lipinski definition) is 7. The van der Waals surface area contributed by atoms with Crippen LogP contribution in [-0.2, 0) is 30.4 Å². The van der Waals surface area contributed by atoms with E-state index >= 15 is 0 Å². The highest BCUT2D eigenvalue weighted by atomic mass is 35.5. The van der Waals surface area contributed by atoms with Crippen molar-refractivity contribution in [1.82, 2.24) is 0 Å². The van der Waals surface area contributed by atoms with Gasteiger partial charge in [0.2, 0.25) is 0 Å². The summed E-state index contributed by atoms with van der Waals surface area (Å²) >= 11 is 6.41. The van der Waals surface area contributed by atoms with Crippen LogP contribution in [0.15, 0.2) is 42.5 Å². The first kappa shape index (κ1) is 35.7. The molecule has 13 heteroatoms. The van der Waals surface area contributed by atoms with E-state index in [-0.39, 0.29) is 18.4 Å². The minimum atomic E-state index is -1.58. The maximum atomic E-state index is 14.0. The number of benzene rings is 2. The zero-order valence-electron chi connectivity index (χ0n) is 24.0. The third-order valence-electron chi connectivity index (χ3n) is 7.35. The fraction of sp³-hybridized carbons (Fsp3) is 0.419. The van der Waals surface area contributed by atoms with E-state index in [4.69, 9.17) is 16.3 Å². The second-order valence-electron chi connectivity index (χ2n) is 10.4. The summed E-state index contributed by atoms with van der Waals surface area (Å²) in [5.74, 6) is -12.7. The van der Waals surface area contributed by atoms with Crippen molar-refractivity contribution in [2.24, 2.45) is 23.7 Å². The number of carbonyl (C=O) groups is 6. The number of halogens is 1. The Morgan fingerprint density at radius 3 is 1.82 bits per heavy atom. The highest BCUT2D eigenvalue weighted by molar-refractivity contribution is 6.31. The van der Waals surface area contributed by atoms with E-state index in [1.54, 1.807) is 12.1 Å². The molecule has 12 nitrogen and oxygen atoms in total. The monoisotopic (exact) mass is 634 g/mol. The minimum Gasteiger partial charge on any atom is -0.494 e. The van der Waals surface area contributed by atoms with Crippen LogP contribution in [0.4, 0.5) is 0 Å². The molecule has 0 bridgehead atoms. The first-order valence-corrected chi connectivity index (χ1v) is 14.2. The van der Waals surface area contributed by atoms with Gasteiger partial charge in [-0.05, 0) is 79.0 Å². The molecule has 0 spiro atoms. The number of ether oxygens (including phenoxy) is 1. The number of Topliss-reactive ketones (excluding diaryl/α,β-unsaturated/α-hetero) is 1. The number of ketones is 1. The van der Waals surface area contributed by atoms with Gasteiger partial charge in [-0.2, -0.15) is 0 Å². The maximum Gasteiger partial charge on any atom is 0.304 e. The first-order chi connectivity index (χ1) is 20.7. The van der Waals surface area contributed by atoms with Crippen LogP contribution in [0.1, 0.15) is 66.9 Å². The Kier molecular flexibility index (Phi) is 13.8. The number of aliphatic carboxylic acids is 5. The van der Waals surface area contributed by atoms with Crippen LogP contribution in [0.25, 0.3) is 0 Å². The number of rotatable bonds is 20. The van der Waals surface area contributed by atoms with Crippen LogP contribution in [0.5, 0.6) is 5.75 Å². The quantitative estimate of drug-likeness (QED) is 0.125. The highest BCUT2D eigenvalue weighted by Crippen LogP contribution is 2.40. The summed E-state index contributed by atoms with van der Waals surface area (Å²) in [5.41, 5.74) is 1.34. The fourth-order valence-electron chi connectivity index (χ4n) is 5.46. The zero-order chi connectivity index (χ0) is 33.0. The minimum absolute atomic E-state index is 0.00590. The van der Waals surface area contributed by atoms with Crippen molar-refractivity contribution in [3.8, 4) is 5.75 Å². The van der Waals surface area contributed by atoms with Gasteiger partial charge in [0, 0.05) is 42.2 Å². The van der Waals surface area contributed by atoms with Gasteiger partial charge < -0.3 is 30.3 Å². The molecule has 0 aliphatic rings. The standard InChI is InChI=1S/C31H35ClO12/c1-2-44-21-7-3-17(4-8-21)11-20-12-19(5-9-25(20)32)31(43)24(16-30(41)42)23(15-29(39)40)22(14-28(37)38)18(13-27(35)36)6-10-26(33)34/h3-5,7-9,12,18,22-24H,2,6,10-11,13-16H2,1H3,(H,33,34)(H,35,36)(H,37,38)(H,39,40)(H,41,42)/t18-,22-,23+,24-/m1/s1. The number of carboxylic acids is 5. The molecule has 0 radical (unpaired) electrons. The van der Waals surface area contributed by atoms with Crippen LogP contribution in [0, 0.1) is 23.7 Å². The van der Waals surface area contributed by atoms with Gasteiger partial charge in [-0.1, -0.05) is 23.7 Å². The Bertz CT molecular complexity index is 1350. The highest BCUT2D eigenvalue weighted by Gasteiger charge is 2.42. The predicted molar refractivity (Wildman–Crippen MR) is 156 cm³/mol. The summed E-state index contributed by atoms with van der Waals surface area (Å²) in [6.07, 6.45) is -3.81. The summed E-state index contributed by atoms with van der Waals surface area (Å²) in [6.45, 7) is 2.33. The van der Waals surface area contributed by atoms with Gasteiger partial charge in [-0.25, -0.2) is 0 Å². The van der Waals surface area contributed by atoms with E-state index in [2.05, 4.69) is 0 Å². The number of hydrogen-bond donors (Lipinski definition) is 5. The average molecular weight is 635 g/mol. The summed E-state index contributed by atoms with van der Waals surface area (Å²) in [6, 6.07) is 11.4. The maximum absolute atomic E-state index is 14.0. The average Bonchev–Trinajstić information content (AvgIpc) is 2.93. The molecule has 5 N–H and O–H groups in total. The van der Waals surface area contributed by atoms with Gasteiger partial charge in [0.05, 0.1) is 13.0 Å². The molecule has 0 heterocycles. The van der Waals surface area contributed by atoms with Crippen molar-refractivity contribution in [3.63, 3.8) is 0 Å². The van der Waals surface area contributed by atoms with Crippen LogP contribution < -0.4 is 4.74 Å². The lowest BCUT2D eigenvalue weighted by Crippen LogP contribution is -2.38. The molecular weight excluding hydrogens is 600 g/mol. The molecule has 0 aliphatic carbocycles. The molecule has 0 fully saturated rings. The molecule has 2 aromatic rings. The molecule has 0 aromatic heterocycles. The Hall–Kier alpha value is -4.45. The summed E-state index contributed by atoms with van der Waals surface area (Å²) in [7, 11) is 0. The lowest BCUT2D eigenvalue weighted by molar-refractivity contribution is -0.146. The molecular formula is C31H35ClO12. The third kappa shape index (κ3) is 11.3. The van der Waals surface area contributed by atoms with E-state index < -0.39 is 91.4 Å². The van der Waals surface area contributed by atoms with Crippen LogP contribution in [0.3, 0.4) is 0 Å². The van der Waals surface area contributed by atoms with Gasteiger partial charge in [-0.3, -0.25) is 28.8 Å². The predicted octanol–water partition coefficient (Wildman–Crippen LogP) is 4.74. The van der Waals surface area contributed by atoms with Gasteiger partial charge in [0.15, 0.2) is 5.78 Å². The molecule has 2 rings (SSSR count). The molecule has 4 atom stereocenters. The Morgan fingerprint density at radius 2 is 1.30 bits per heavy atom. The van der Waals surface area contributed by atoms with Crippen molar-refractivity contribution < 1.29 is 59.0 Å². The van der Waals surface area contributed by atoms with E-state index in [0.717, 1.165) is 5.56 Å². The van der Waals surface area contributed by atoms with Gasteiger partial charge in [0.1, 0.15) is 5.75 Å². The number of carboxylic acid groups (broad SMARTS) is 5. The Labute approximate surface area is 258 Å². The second-order valence-corrected chi connectivity index (χ2v) is 10.8. The van der Waals surface area contributed by atoms with E-state index in [1.165, 1.54) is 18.2 Å². The smallest absolute Gasteiger partial charge is 0.304 e. The van der Waals surface area contributed by atoms with Crippen LogP contribution in [-0.4, -0.2) is 67.8 Å². The topological polar surface area (TPSA) is 213 Å². The molecule has 44 heavy (non-hydrogen) atoms. The molecule has 0 saturated carbocycles. The lowest BCUT2D eigenvalue weighted by atomic mass is 9.67. The van der Waals surface area contributed by atoms with Crippen molar-refractivity contribution >= 4 is 47.2 Å². The number of carbonyl (C=O) groups excluding carboxylic acids is 1. The van der Waals surface area contributed by atoms with Gasteiger partial charge in [-0.15, -0.1) is 0 Å². The largest absolute Gasteiger partial charge is 0.494 e. The van der Waals surface area contributed by atoms with E-state index in [9.17, 15) is 54.3 Å². The third-order valence-corrected chi connectivity index (χ3v) is 7.72. The normalized spacial score (nSPS) is 13.7.